The monoisotopic (exact) mass is 418 g/mol. The summed E-state index contributed by atoms with van der Waals surface area (Å²) in [6.07, 6.45) is 2.19. The Kier molecular flexibility index (Phi) is 8.80. The van der Waals surface area contributed by atoms with Crippen LogP contribution in [0.3, 0.4) is 0 Å². The second-order valence-corrected chi connectivity index (χ2v) is 6.84. The molecule has 0 saturated heterocycles. The predicted molar refractivity (Wildman–Crippen MR) is 116 cm³/mol. The molecule has 0 aliphatic heterocycles. The van der Waals surface area contributed by atoms with Gasteiger partial charge in [-0.2, -0.15) is 5.10 Å². The average molecular weight is 419 g/mol. The molecule has 0 aliphatic rings. The number of carbonyl (C=O) groups excluding carboxylic acids is 1. The number of carbonyl (C=O) groups is 1. The van der Waals surface area contributed by atoms with Crippen LogP contribution in [-0.4, -0.2) is 31.9 Å². The Labute approximate surface area is 176 Å². The molecule has 0 unspecified atom stereocenters. The van der Waals surface area contributed by atoms with Crippen LogP contribution < -0.4 is 19.6 Å². The lowest BCUT2D eigenvalue weighted by Gasteiger charge is -2.15. The molecular weight excluding hydrogens is 392 g/mol. The van der Waals surface area contributed by atoms with Crippen LogP contribution in [0.15, 0.2) is 35.4 Å². The van der Waals surface area contributed by atoms with E-state index in [9.17, 15) is 4.79 Å². The molecule has 0 aliphatic carbocycles. The summed E-state index contributed by atoms with van der Waals surface area (Å²) in [7, 11) is 0. The van der Waals surface area contributed by atoms with Gasteiger partial charge in [-0.05, 0) is 55.7 Å². The Bertz CT molecular complexity index is 868. The van der Waals surface area contributed by atoms with E-state index >= 15 is 0 Å². The molecule has 0 aromatic heterocycles. The minimum absolute atomic E-state index is 0.250. The van der Waals surface area contributed by atoms with Crippen molar-refractivity contribution in [2.45, 2.75) is 34.1 Å². The molecule has 29 heavy (non-hydrogen) atoms. The van der Waals surface area contributed by atoms with Crippen LogP contribution in [0.1, 0.15) is 37.0 Å². The van der Waals surface area contributed by atoms with Crippen molar-refractivity contribution < 1.29 is 19.0 Å². The van der Waals surface area contributed by atoms with E-state index in [2.05, 4.69) is 23.5 Å². The number of nitrogens with zero attached hydrogens (tertiary/aromatic N) is 1. The van der Waals surface area contributed by atoms with Crippen LogP contribution in [0.5, 0.6) is 17.2 Å². The second kappa shape index (κ2) is 11.3. The number of hydrogen-bond acceptors (Lipinski definition) is 5. The SMILES string of the molecule is CCOc1cc(C=NNC(C)=O)cc(Cl)c1OCCCOc1cccc(C)c1C. The molecular formula is C22H27ClN2O4. The average Bonchev–Trinajstić information content (AvgIpc) is 2.66. The maximum absolute atomic E-state index is 10.9. The van der Waals surface area contributed by atoms with E-state index in [-0.39, 0.29) is 5.91 Å². The lowest BCUT2D eigenvalue weighted by molar-refractivity contribution is -0.118. The second-order valence-electron chi connectivity index (χ2n) is 6.44. The summed E-state index contributed by atoms with van der Waals surface area (Å²) < 4.78 is 17.4. The van der Waals surface area contributed by atoms with E-state index in [0.717, 1.165) is 11.3 Å². The van der Waals surface area contributed by atoms with Crippen molar-refractivity contribution in [2.75, 3.05) is 19.8 Å². The lowest BCUT2D eigenvalue weighted by atomic mass is 10.1. The minimum atomic E-state index is -0.250. The highest BCUT2D eigenvalue weighted by molar-refractivity contribution is 6.32. The quantitative estimate of drug-likeness (QED) is 0.345. The molecule has 6 nitrogen and oxygen atoms in total. The number of amides is 1. The molecule has 0 bridgehead atoms. The van der Waals surface area contributed by atoms with E-state index in [1.165, 1.54) is 18.7 Å². The first-order valence-corrected chi connectivity index (χ1v) is 9.88. The maximum atomic E-state index is 10.9. The predicted octanol–water partition coefficient (Wildman–Crippen LogP) is 4.67. The first-order chi connectivity index (χ1) is 13.9. The molecule has 1 N–H and O–H groups in total. The van der Waals surface area contributed by atoms with Gasteiger partial charge in [-0.15, -0.1) is 0 Å². The van der Waals surface area contributed by atoms with Crippen molar-refractivity contribution in [3.8, 4) is 17.2 Å². The molecule has 0 heterocycles. The number of aryl methyl sites for hydroxylation is 1. The zero-order valence-corrected chi connectivity index (χ0v) is 18.0. The Balaban J connectivity index is 1.95. The third-order valence-corrected chi connectivity index (χ3v) is 4.40. The van der Waals surface area contributed by atoms with Crippen LogP contribution in [0.25, 0.3) is 0 Å². The summed E-state index contributed by atoms with van der Waals surface area (Å²) in [6, 6.07) is 9.49. The van der Waals surface area contributed by atoms with E-state index in [1.54, 1.807) is 12.1 Å². The van der Waals surface area contributed by atoms with E-state index in [0.29, 0.717) is 48.3 Å². The highest BCUT2D eigenvalue weighted by Gasteiger charge is 2.12. The third kappa shape index (κ3) is 6.98. The largest absolute Gasteiger partial charge is 0.493 e. The first kappa shape index (κ1) is 22.6. The fourth-order valence-corrected chi connectivity index (χ4v) is 2.83. The number of ether oxygens (including phenoxy) is 3. The summed E-state index contributed by atoms with van der Waals surface area (Å²) in [4.78, 5) is 10.9. The Morgan fingerprint density at radius 1 is 1.14 bits per heavy atom. The van der Waals surface area contributed by atoms with Gasteiger partial charge in [0.2, 0.25) is 5.91 Å². The van der Waals surface area contributed by atoms with Gasteiger partial charge < -0.3 is 14.2 Å². The standard InChI is InChI=1S/C22H27ClN2O4/c1-5-27-21-13-18(14-24-25-17(4)26)12-19(23)22(21)29-11-7-10-28-20-9-6-8-15(2)16(20)3/h6,8-9,12-14H,5,7,10-11H2,1-4H3,(H,25,26). The molecule has 0 fully saturated rings. The van der Waals surface area contributed by atoms with Crippen LogP contribution in [-0.2, 0) is 4.79 Å². The summed E-state index contributed by atoms with van der Waals surface area (Å²) in [6.45, 7) is 8.82. The Morgan fingerprint density at radius 3 is 2.62 bits per heavy atom. The highest BCUT2D eigenvalue weighted by Crippen LogP contribution is 2.36. The van der Waals surface area contributed by atoms with Crippen LogP contribution >= 0.6 is 11.6 Å². The number of halogens is 1. The normalized spacial score (nSPS) is 10.8. The molecule has 7 heteroatoms. The Morgan fingerprint density at radius 2 is 1.90 bits per heavy atom. The molecule has 2 aromatic rings. The third-order valence-electron chi connectivity index (χ3n) is 4.11. The van der Waals surface area contributed by atoms with Gasteiger partial charge in [-0.3, -0.25) is 4.79 Å². The zero-order valence-electron chi connectivity index (χ0n) is 17.3. The van der Waals surface area contributed by atoms with Crippen molar-refractivity contribution in [3.63, 3.8) is 0 Å². The summed E-state index contributed by atoms with van der Waals surface area (Å²) in [5.74, 6) is 1.65. The minimum Gasteiger partial charge on any atom is -0.493 e. The molecule has 1 amide bonds. The van der Waals surface area contributed by atoms with Gasteiger partial charge in [0.25, 0.3) is 0 Å². The van der Waals surface area contributed by atoms with Crippen LogP contribution in [0.4, 0.5) is 0 Å². The van der Waals surface area contributed by atoms with Crippen molar-refractivity contribution in [2.24, 2.45) is 5.10 Å². The highest BCUT2D eigenvalue weighted by atomic mass is 35.5. The maximum Gasteiger partial charge on any atom is 0.236 e. The van der Waals surface area contributed by atoms with Crippen molar-refractivity contribution >= 4 is 23.7 Å². The molecule has 0 spiro atoms. The molecule has 2 rings (SSSR count). The summed E-state index contributed by atoms with van der Waals surface area (Å²) >= 11 is 6.37. The molecule has 0 saturated carbocycles. The van der Waals surface area contributed by atoms with Crippen molar-refractivity contribution in [1.29, 1.82) is 0 Å². The fourth-order valence-electron chi connectivity index (χ4n) is 2.56. The summed E-state index contributed by atoms with van der Waals surface area (Å²) in [5.41, 5.74) is 5.39. The number of rotatable bonds is 10. The molecule has 2 aromatic carbocycles. The van der Waals surface area contributed by atoms with E-state index < -0.39 is 0 Å². The van der Waals surface area contributed by atoms with E-state index in [1.807, 2.05) is 26.0 Å². The van der Waals surface area contributed by atoms with Crippen LogP contribution in [0, 0.1) is 13.8 Å². The van der Waals surface area contributed by atoms with E-state index in [4.69, 9.17) is 25.8 Å². The van der Waals surface area contributed by atoms with Gasteiger partial charge in [0.15, 0.2) is 11.5 Å². The number of hydrazone groups is 1. The van der Waals surface area contributed by atoms with Crippen molar-refractivity contribution in [1.82, 2.24) is 5.43 Å². The van der Waals surface area contributed by atoms with Gasteiger partial charge in [0, 0.05) is 13.3 Å². The van der Waals surface area contributed by atoms with Crippen molar-refractivity contribution in [3.05, 3.63) is 52.0 Å². The Hall–Kier alpha value is -2.73. The number of benzene rings is 2. The van der Waals surface area contributed by atoms with Gasteiger partial charge in [0.1, 0.15) is 5.75 Å². The van der Waals surface area contributed by atoms with Gasteiger partial charge >= 0.3 is 0 Å². The topological polar surface area (TPSA) is 69.2 Å². The van der Waals surface area contributed by atoms with Crippen LogP contribution in [0.2, 0.25) is 5.02 Å². The molecule has 0 atom stereocenters. The number of hydrogen-bond donors (Lipinski definition) is 1. The molecule has 0 radical (unpaired) electrons. The molecule has 156 valence electrons. The van der Waals surface area contributed by atoms with Gasteiger partial charge in [0.05, 0.1) is 31.1 Å². The van der Waals surface area contributed by atoms with Gasteiger partial charge in [-0.25, -0.2) is 5.43 Å². The zero-order chi connectivity index (χ0) is 21.2. The first-order valence-electron chi connectivity index (χ1n) is 9.50. The smallest absolute Gasteiger partial charge is 0.236 e. The lowest BCUT2D eigenvalue weighted by Crippen LogP contribution is -2.12. The fraction of sp³-hybridized carbons (Fsp3) is 0.364. The summed E-state index contributed by atoms with van der Waals surface area (Å²) in [5, 5.41) is 4.26. The van der Waals surface area contributed by atoms with Gasteiger partial charge in [-0.1, -0.05) is 23.7 Å². The number of nitrogens with one attached hydrogen (secondary N) is 1.